The van der Waals surface area contributed by atoms with Gasteiger partial charge in [-0.15, -0.1) is 0 Å². The van der Waals surface area contributed by atoms with Crippen molar-refractivity contribution in [2.24, 2.45) is 5.92 Å². The van der Waals surface area contributed by atoms with E-state index in [4.69, 9.17) is 0 Å². The zero-order valence-electron chi connectivity index (χ0n) is 15.6. The van der Waals surface area contributed by atoms with Crippen molar-refractivity contribution >= 4 is 17.7 Å². The van der Waals surface area contributed by atoms with E-state index in [-0.39, 0.29) is 24.1 Å². The Hall–Kier alpha value is -1.59. The summed E-state index contributed by atoms with van der Waals surface area (Å²) < 4.78 is 0. The summed E-state index contributed by atoms with van der Waals surface area (Å²) >= 11 is 0. The molecule has 0 aliphatic rings. The predicted molar refractivity (Wildman–Crippen MR) is 91.9 cm³/mol. The normalized spacial score (nSPS) is 10.6. The number of amides is 3. The van der Waals surface area contributed by atoms with Gasteiger partial charge in [0.15, 0.2) is 0 Å². The average Bonchev–Trinajstić information content (AvgIpc) is 2.55. The zero-order valence-corrected chi connectivity index (χ0v) is 15.6. The van der Waals surface area contributed by atoms with Crippen LogP contribution in [-0.2, 0) is 14.4 Å². The van der Waals surface area contributed by atoms with Crippen molar-refractivity contribution in [1.29, 1.82) is 0 Å². The highest BCUT2D eigenvalue weighted by molar-refractivity contribution is 6.03. The number of nitrogens with zero attached hydrogens (tertiary/aromatic N) is 3. The van der Waals surface area contributed by atoms with Gasteiger partial charge in [0.2, 0.25) is 17.7 Å². The van der Waals surface area contributed by atoms with Gasteiger partial charge in [0, 0.05) is 45.7 Å². The van der Waals surface area contributed by atoms with Crippen LogP contribution in [0.5, 0.6) is 0 Å². The van der Waals surface area contributed by atoms with E-state index in [1.54, 1.807) is 14.7 Å². The van der Waals surface area contributed by atoms with Gasteiger partial charge in [0.25, 0.3) is 0 Å². The molecule has 0 aliphatic carbocycles. The van der Waals surface area contributed by atoms with Crippen molar-refractivity contribution in [3.8, 4) is 0 Å². The van der Waals surface area contributed by atoms with E-state index >= 15 is 0 Å². The van der Waals surface area contributed by atoms with Gasteiger partial charge in [-0.25, -0.2) is 0 Å². The quantitative estimate of drug-likeness (QED) is 0.573. The molecule has 0 atom stereocenters. The lowest BCUT2D eigenvalue weighted by atomic mass is 10.00. The molecule has 0 fully saturated rings. The van der Waals surface area contributed by atoms with Crippen molar-refractivity contribution < 1.29 is 14.4 Å². The summed E-state index contributed by atoms with van der Waals surface area (Å²) in [6, 6.07) is 0. The number of rotatable bonds is 10. The molecule has 0 aliphatic heterocycles. The molecular weight excluding hydrogens is 294 g/mol. The van der Waals surface area contributed by atoms with Gasteiger partial charge in [0.1, 0.15) is 5.92 Å². The number of carbonyl (C=O) groups is 3. The standard InChI is InChI=1S/C17H33N3O3/c1-7-18(8-2)15(21)13-14(16(22)19(9-3)10-4)17(23)20(11-5)12-6/h14H,7-13H2,1-6H3. The van der Waals surface area contributed by atoms with Crippen molar-refractivity contribution in [3.63, 3.8) is 0 Å². The van der Waals surface area contributed by atoms with Crippen LogP contribution in [-0.4, -0.2) is 71.7 Å². The lowest BCUT2D eigenvalue weighted by molar-refractivity contribution is -0.151. The molecule has 0 bridgehead atoms. The summed E-state index contributed by atoms with van der Waals surface area (Å²) in [5.41, 5.74) is 0. The minimum Gasteiger partial charge on any atom is -0.343 e. The molecule has 0 heterocycles. The largest absolute Gasteiger partial charge is 0.343 e. The maximum atomic E-state index is 12.7. The number of hydrogen-bond donors (Lipinski definition) is 0. The fourth-order valence-corrected chi connectivity index (χ4v) is 2.67. The van der Waals surface area contributed by atoms with Gasteiger partial charge < -0.3 is 14.7 Å². The maximum Gasteiger partial charge on any atom is 0.235 e. The van der Waals surface area contributed by atoms with Crippen LogP contribution in [0.2, 0.25) is 0 Å². The summed E-state index contributed by atoms with van der Waals surface area (Å²) in [7, 11) is 0. The molecule has 0 saturated heterocycles. The van der Waals surface area contributed by atoms with E-state index < -0.39 is 5.92 Å². The molecule has 134 valence electrons. The van der Waals surface area contributed by atoms with Crippen LogP contribution < -0.4 is 0 Å². The molecule has 0 aromatic rings. The highest BCUT2D eigenvalue weighted by Gasteiger charge is 2.34. The summed E-state index contributed by atoms with van der Waals surface area (Å²) in [6.07, 6.45) is -0.0493. The Balaban J connectivity index is 5.41. The molecule has 6 heteroatoms. The molecule has 0 N–H and O–H groups in total. The minimum atomic E-state index is -0.914. The van der Waals surface area contributed by atoms with E-state index in [1.807, 2.05) is 41.5 Å². The van der Waals surface area contributed by atoms with Crippen LogP contribution in [0.15, 0.2) is 0 Å². The lowest BCUT2D eigenvalue weighted by Crippen LogP contribution is -2.47. The van der Waals surface area contributed by atoms with E-state index in [2.05, 4.69) is 0 Å². The summed E-state index contributed by atoms with van der Waals surface area (Å²) in [6.45, 7) is 14.6. The number of hydrogen-bond acceptors (Lipinski definition) is 3. The molecule has 0 aromatic carbocycles. The maximum absolute atomic E-state index is 12.7. The lowest BCUT2D eigenvalue weighted by Gasteiger charge is -2.29. The third-order valence-electron chi connectivity index (χ3n) is 4.24. The Morgan fingerprint density at radius 2 is 0.913 bits per heavy atom. The fraction of sp³-hybridized carbons (Fsp3) is 0.824. The van der Waals surface area contributed by atoms with Crippen LogP contribution in [0.4, 0.5) is 0 Å². The molecule has 23 heavy (non-hydrogen) atoms. The fourth-order valence-electron chi connectivity index (χ4n) is 2.67. The highest BCUT2D eigenvalue weighted by Crippen LogP contribution is 2.15. The first-order valence-corrected chi connectivity index (χ1v) is 8.76. The second-order valence-corrected chi connectivity index (χ2v) is 5.34. The molecule has 6 nitrogen and oxygen atoms in total. The van der Waals surface area contributed by atoms with Gasteiger partial charge >= 0.3 is 0 Å². The minimum absolute atomic E-state index is 0.0493. The monoisotopic (exact) mass is 327 g/mol. The Morgan fingerprint density at radius 1 is 0.609 bits per heavy atom. The van der Waals surface area contributed by atoms with Crippen molar-refractivity contribution in [1.82, 2.24) is 14.7 Å². The summed E-state index contributed by atoms with van der Waals surface area (Å²) in [4.78, 5) is 42.8. The molecule has 0 unspecified atom stereocenters. The van der Waals surface area contributed by atoms with Gasteiger partial charge in [-0.3, -0.25) is 14.4 Å². The molecule has 0 aromatic heterocycles. The van der Waals surface area contributed by atoms with Gasteiger partial charge in [-0.1, -0.05) is 0 Å². The SMILES string of the molecule is CCN(CC)C(=O)CC(C(=O)N(CC)CC)C(=O)N(CC)CC. The van der Waals surface area contributed by atoms with Crippen molar-refractivity contribution in [3.05, 3.63) is 0 Å². The predicted octanol–water partition coefficient (Wildman–Crippen LogP) is 1.60. The molecule has 0 rings (SSSR count). The molecule has 0 saturated carbocycles. The van der Waals surface area contributed by atoms with E-state index in [0.29, 0.717) is 39.3 Å². The number of carbonyl (C=O) groups excluding carboxylic acids is 3. The van der Waals surface area contributed by atoms with Crippen LogP contribution in [0.1, 0.15) is 48.0 Å². The van der Waals surface area contributed by atoms with Crippen LogP contribution >= 0.6 is 0 Å². The van der Waals surface area contributed by atoms with Crippen LogP contribution in [0.25, 0.3) is 0 Å². The van der Waals surface area contributed by atoms with Crippen LogP contribution in [0.3, 0.4) is 0 Å². The third kappa shape index (κ3) is 5.84. The molecule has 0 spiro atoms. The summed E-state index contributed by atoms with van der Waals surface area (Å²) in [5, 5.41) is 0. The third-order valence-corrected chi connectivity index (χ3v) is 4.24. The van der Waals surface area contributed by atoms with E-state index in [1.165, 1.54) is 0 Å². The average molecular weight is 327 g/mol. The Labute approximate surface area is 140 Å². The molecule has 0 radical (unpaired) electrons. The second-order valence-electron chi connectivity index (χ2n) is 5.34. The smallest absolute Gasteiger partial charge is 0.235 e. The Morgan fingerprint density at radius 3 is 1.17 bits per heavy atom. The first kappa shape index (κ1) is 21.4. The topological polar surface area (TPSA) is 60.9 Å². The second kappa shape index (κ2) is 11.0. The zero-order chi connectivity index (χ0) is 18.0. The van der Waals surface area contributed by atoms with Gasteiger partial charge in [-0.2, -0.15) is 0 Å². The van der Waals surface area contributed by atoms with Crippen LogP contribution in [0, 0.1) is 5.92 Å². The highest BCUT2D eigenvalue weighted by atomic mass is 16.2. The van der Waals surface area contributed by atoms with Gasteiger partial charge in [-0.05, 0) is 41.5 Å². The Kier molecular flexibility index (Phi) is 10.3. The van der Waals surface area contributed by atoms with E-state index in [9.17, 15) is 14.4 Å². The van der Waals surface area contributed by atoms with Crippen molar-refractivity contribution in [2.45, 2.75) is 48.0 Å². The van der Waals surface area contributed by atoms with Gasteiger partial charge in [0.05, 0.1) is 0 Å². The molecule has 3 amide bonds. The van der Waals surface area contributed by atoms with E-state index in [0.717, 1.165) is 0 Å². The van der Waals surface area contributed by atoms with Crippen molar-refractivity contribution in [2.75, 3.05) is 39.3 Å². The summed E-state index contributed by atoms with van der Waals surface area (Å²) in [5.74, 6) is -1.54. The molecular formula is C17H33N3O3. The Bertz CT molecular complexity index is 363. The first-order chi connectivity index (χ1) is 10.9. The first-order valence-electron chi connectivity index (χ1n) is 8.76.